The standard InChI is InChI=1S/C26H42O2/c1-17(6-7-18(2)27)21-10-11-22-20-9-8-19-16-24(3,28)14-15-25(19,4)23(20)12-13-26(21,22)5/h12,17,19-22,28H,6-11,13-16H2,1-5H3/t17-,19+,20+,21-,22+,24+,25+,26-/m1/s1. The molecule has 0 saturated heterocycles. The van der Waals surface area contributed by atoms with Crippen LogP contribution in [0.5, 0.6) is 0 Å². The minimum atomic E-state index is -0.453. The fourth-order valence-corrected chi connectivity index (χ4v) is 8.31. The summed E-state index contributed by atoms with van der Waals surface area (Å²) in [5, 5.41) is 10.7. The summed E-state index contributed by atoms with van der Waals surface area (Å²) in [6, 6.07) is 0. The van der Waals surface area contributed by atoms with E-state index in [1.807, 2.05) is 0 Å². The van der Waals surface area contributed by atoms with Gasteiger partial charge in [0.25, 0.3) is 0 Å². The zero-order valence-corrected chi connectivity index (χ0v) is 18.9. The Hall–Kier alpha value is -0.630. The topological polar surface area (TPSA) is 37.3 Å². The summed E-state index contributed by atoms with van der Waals surface area (Å²) >= 11 is 0. The molecule has 0 aromatic heterocycles. The molecule has 0 aromatic rings. The Kier molecular flexibility index (Phi) is 5.13. The second-order valence-corrected chi connectivity index (χ2v) is 11.9. The van der Waals surface area contributed by atoms with Crippen LogP contribution >= 0.6 is 0 Å². The molecule has 3 saturated carbocycles. The molecule has 0 aromatic carbocycles. The number of allylic oxidation sites excluding steroid dienone is 2. The fraction of sp³-hybridized carbons (Fsp3) is 0.885. The zero-order chi connectivity index (χ0) is 20.3. The Bertz CT molecular complexity index is 661. The first kappa shape index (κ1) is 20.6. The summed E-state index contributed by atoms with van der Waals surface area (Å²) in [5.74, 6) is 4.04. The minimum absolute atomic E-state index is 0.324. The van der Waals surface area contributed by atoms with Crippen molar-refractivity contribution in [3.05, 3.63) is 11.6 Å². The average Bonchev–Trinajstić information content (AvgIpc) is 2.97. The number of fused-ring (bicyclic) bond motifs is 5. The van der Waals surface area contributed by atoms with Crippen LogP contribution in [0, 0.1) is 40.4 Å². The summed E-state index contributed by atoms with van der Waals surface area (Å²) in [6.45, 7) is 11.3. The van der Waals surface area contributed by atoms with Crippen LogP contribution in [0.3, 0.4) is 0 Å². The van der Waals surface area contributed by atoms with Crippen LogP contribution in [0.25, 0.3) is 0 Å². The van der Waals surface area contributed by atoms with Crippen molar-refractivity contribution < 1.29 is 9.90 Å². The molecule has 2 nitrogen and oxygen atoms in total. The number of carbonyl (C=O) groups excluding carboxylic acids is 1. The molecule has 28 heavy (non-hydrogen) atoms. The zero-order valence-electron chi connectivity index (χ0n) is 18.9. The van der Waals surface area contributed by atoms with Crippen molar-refractivity contribution in [2.24, 2.45) is 40.4 Å². The predicted molar refractivity (Wildman–Crippen MR) is 115 cm³/mol. The second kappa shape index (κ2) is 6.96. The molecule has 0 amide bonds. The third kappa shape index (κ3) is 3.22. The molecule has 2 heteroatoms. The monoisotopic (exact) mass is 386 g/mol. The van der Waals surface area contributed by atoms with Gasteiger partial charge in [-0.15, -0.1) is 0 Å². The Labute approximate surface area is 172 Å². The maximum absolute atomic E-state index is 11.5. The molecule has 1 N–H and O–H groups in total. The molecular formula is C26H42O2. The van der Waals surface area contributed by atoms with Gasteiger partial charge < -0.3 is 9.90 Å². The maximum atomic E-state index is 11.5. The molecule has 8 atom stereocenters. The van der Waals surface area contributed by atoms with Crippen LogP contribution in [0.2, 0.25) is 0 Å². The van der Waals surface area contributed by atoms with Crippen molar-refractivity contribution in [3.8, 4) is 0 Å². The number of rotatable bonds is 4. The van der Waals surface area contributed by atoms with Crippen LogP contribution in [-0.2, 0) is 4.79 Å². The molecule has 0 radical (unpaired) electrons. The van der Waals surface area contributed by atoms with E-state index in [1.54, 1.807) is 12.5 Å². The van der Waals surface area contributed by atoms with Crippen LogP contribution < -0.4 is 0 Å². The Morgan fingerprint density at radius 1 is 1.18 bits per heavy atom. The average molecular weight is 387 g/mol. The van der Waals surface area contributed by atoms with E-state index in [0.717, 1.165) is 49.9 Å². The largest absolute Gasteiger partial charge is 0.390 e. The van der Waals surface area contributed by atoms with E-state index in [4.69, 9.17) is 0 Å². The van der Waals surface area contributed by atoms with Gasteiger partial charge in [-0.3, -0.25) is 0 Å². The molecule has 4 aliphatic rings. The third-order valence-electron chi connectivity index (χ3n) is 10.0. The highest BCUT2D eigenvalue weighted by atomic mass is 16.3. The summed E-state index contributed by atoms with van der Waals surface area (Å²) in [4.78, 5) is 11.5. The van der Waals surface area contributed by atoms with Gasteiger partial charge in [-0.1, -0.05) is 32.4 Å². The highest BCUT2D eigenvalue weighted by Crippen LogP contribution is 2.67. The van der Waals surface area contributed by atoms with E-state index in [9.17, 15) is 9.90 Å². The number of aliphatic hydroxyl groups is 1. The van der Waals surface area contributed by atoms with E-state index in [-0.39, 0.29) is 0 Å². The van der Waals surface area contributed by atoms with Gasteiger partial charge in [0.15, 0.2) is 0 Å². The van der Waals surface area contributed by atoms with Gasteiger partial charge in [0.05, 0.1) is 5.60 Å². The lowest BCUT2D eigenvalue weighted by Gasteiger charge is -2.58. The van der Waals surface area contributed by atoms with Crippen molar-refractivity contribution in [3.63, 3.8) is 0 Å². The molecule has 4 aliphatic carbocycles. The summed E-state index contributed by atoms with van der Waals surface area (Å²) in [7, 11) is 0. The van der Waals surface area contributed by atoms with Crippen LogP contribution in [0.1, 0.15) is 98.8 Å². The van der Waals surface area contributed by atoms with E-state index < -0.39 is 5.60 Å². The van der Waals surface area contributed by atoms with Gasteiger partial charge in [0, 0.05) is 6.42 Å². The quantitative estimate of drug-likeness (QED) is 0.574. The van der Waals surface area contributed by atoms with Crippen molar-refractivity contribution in [2.75, 3.05) is 0 Å². The SMILES string of the molecule is CC(=O)CC[C@@H](C)[C@H]1CC[C@H]2[C@@H]3CC[C@H]4C[C@@](C)(O)CC[C@]4(C)C3=CC[C@]12C. The van der Waals surface area contributed by atoms with Crippen LogP contribution in [-0.4, -0.2) is 16.5 Å². The molecule has 0 aliphatic heterocycles. The van der Waals surface area contributed by atoms with E-state index in [0.29, 0.717) is 28.4 Å². The second-order valence-electron chi connectivity index (χ2n) is 11.9. The third-order valence-corrected chi connectivity index (χ3v) is 10.0. The van der Waals surface area contributed by atoms with Crippen molar-refractivity contribution in [2.45, 2.75) is 104 Å². The van der Waals surface area contributed by atoms with Gasteiger partial charge in [0.1, 0.15) is 5.78 Å². The van der Waals surface area contributed by atoms with E-state index >= 15 is 0 Å². The molecule has 0 unspecified atom stereocenters. The molecule has 3 fully saturated rings. The smallest absolute Gasteiger partial charge is 0.129 e. The van der Waals surface area contributed by atoms with Gasteiger partial charge in [-0.2, -0.15) is 0 Å². The normalized spacial score (nSPS) is 48.9. The number of carbonyl (C=O) groups is 1. The van der Waals surface area contributed by atoms with Gasteiger partial charge in [-0.25, -0.2) is 0 Å². The number of Topliss-reactive ketones (excluding diaryl/α,β-unsaturated/α-hetero) is 1. The summed E-state index contributed by atoms with van der Waals surface area (Å²) in [6.07, 6.45) is 14.2. The summed E-state index contributed by atoms with van der Waals surface area (Å²) in [5.41, 5.74) is 2.07. The van der Waals surface area contributed by atoms with Crippen LogP contribution in [0.15, 0.2) is 11.6 Å². The van der Waals surface area contributed by atoms with Crippen LogP contribution in [0.4, 0.5) is 0 Å². The molecule has 4 rings (SSSR count). The molecular weight excluding hydrogens is 344 g/mol. The first-order chi connectivity index (χ1) is 13.1. The fourth-order valence-electron chi connectivity index (χ4n) is 8.31. The Morgan fingerprint density at radius 2 is 1.93 bits per heavy atom. The summed E-state index contributed by atoms with van der Waals surface area (Å²) < 4.78 is 0. The first-order valence-electron chi connectivity index (χ1n) is 12.0. The predicted octanol–water partition coefficient (Wildman–Crippen LogP) is 6.32. The van der Waals surface area contributed by atoms with Crippen molar-refractivity contribution in [1.29, 1.82) is 0 Å². The number of hydrogen-bond donors (Lipinski definition) is 1. The molecule has 0 bridgehead atoms. The lowest BCUT2D eigenvalue weighted by atomic mass is 9.47. The molecule has 158 valence electrons. The first-order valence-corrected chi connectivity index (χ1v) is 12.0. The highest BCUT2D eigenvalue weighted by Gasteiger charge is 2.58. The van der Waals surface area contributed by atoms with Gasteiger partial charge in [-0.05, 0) is 112 Å². The van der Waals surface area contributed by atoms with Gasteiger partial charge in [0.2, 0.25) is 0 Å². The maximum Gasteiger partial charge on any atom is 0.129 e. The number of ketones is 1. The van der Waals surface area contributed by atoms with E-state index in [1.165, 1.54) is 32.1 Å². The molecule has 0 heterocycles. The van der Waals surface area contributed by atoms with Crippen molar-refractivity contribution in [1.82, 2.24) is 0 Å². The van der Waals surface area contributed by atoms with E-state index in [2.05, 4.69) is 33.8 Å². The van der Waals surface area contributed by atoms with Crippen molar-refractivity contribution >= 4 is 5.78 Å². The highest BCUT2D eigenvalue weighted by molar-refractivity contribution is 5.75. The minimum Gasteiger partial charge on any atom is -0.390 e. The Morgan fingerprint density at radius 3 is 2.64 bits per heavy atom. The molecule has 0 spiro atoms. The Balaban J connectivity index is 1.57. The lowest BCUT2D eigenvalue weighted by molar-refractivity contribution is -0.117. The van der Waals surface area contributed by atoms with Gasteiger partial charge >= 0.3 is 0 Å². The lowest BCUT2D eigenvalue weighted by Crippen LogP contribution is -2.50. The number of hydrogen-bond acceptors (Lipinski definition) is 2.